The zero-order valence-electron chi connectivity index (χ0n) is 11.6. The van der Waals surface area contributed by atoms with Gasteiger partial charge < -0.3 is 5.32 Å². The van der Waals surface area contributed by atoms with Crippen LogP contribution in [-0.4, -0.2) is 7.05 Å². The Balaban J connectivity index is 2.60. The van der Waals surface area contributed by atoms with E-state index in [0.717, 1.165) is 0 Å². The quantitative estimate of drug-likeness (QED) is 0.844. The van der Waals surface area contributed by atoms with Crippen LogP contribution in [0.3, 0.4) is 0 Å². The van der Waals surface area contributed by atoms with Crippen LogP contribution in [-0.2, 0) is 0 Å². The Morgan fingerprint density at radius 3 is 2.39 bits per heavy atom. The van der Waals surface area contributed by atoms with E-state index in [4.69, 9.17) is 0 Å². The van der Waals surface area contributed by atoms with Gasteiger partial charge in [0.15, 0.2) is 0 Å². The van der Waals surface area contributed by atoms with E-state index >= 15 is 0 Å². The predicted molar refractivity (Wildman–Crippen MR) is 78.8 cm³/mol. The van der Waals surface area contributed by atoms with E-state index in [1.165, 1.54) is 27.8 Å². The predicted octanol–water partition coefficient (Wildman–Crippen LogP) is 4.25. The molecule has 0 bridgehead atoms. The largest absolute Gasteiger partial charge is 0.313 e. The number of rotatable bonds is 3. The van der Waals surface area contributed by atoms with Crippen molar-refractivity contribution in [1.82, 2.24) is 5.32 Å². The third-order valence-electron chi connectivity index (χ3n) is 3.54. The van der Waals surface area contributed by atoms with Crippen LogP contribution in [0.1, 0.15) is 29.7 Å². The minimum absolute atomic E-state index is 0.362. The van der Waals surface area contributed by atoms with Crippen LogP contribution in [0.15, 0.2) is 42.5 Å². The molecule has 0 aliphatic heterocycles. The van der Waals surface area contributed by atoms with Gasteiger partial charge in [-0.3, -0.25) is 0 Å². The van der Waals surface area contributed by atoms with E-state index in [2.05, 4.69) is 68.6 Å². The third kappa shape index (κ3) is 2.46. The molecule has 18 heavy (non-hydrogen) atoms. The number of nitrogens with one attached hydrogen (secondary N) is 1. The molecular weight excluding hydrogens is 218 g/mol. The fraction of sp³-hybridized carbons (Fsp3) is 0.294. The van der Waals surface area contributed by atoms with Crippen LogP contribution in [0.2, 0.25) is 0 Å². The van der Waals surface area contributed by atoms with E-state index in [1.54, 1.807) is 0 Å². The Morgan fingerprint density at radius 1 is 0.944 bits per heavy atom. The second-order valence-corrected chi connectivity index (χ2v) is 4.92. The van der Waals surface area contributed by atoms with Crippen molar-refractivity contribution < 1.29 is 0 Å². The van der Waals surface area contributed by atoms with E-state index in [0.29, 0.717) is 6.04 Å². The summed E-state index contributed by atoms with van der Waals surface area (Å²) in [7, 11) is 2.00. The van der Waals surface area contributed by atoms with Gasteiger partial charge >= 0.3 is 0 Å². The molecule has 1 N–H and O–H groups in total. The van der Waals surface area contributed by atoms with Gasteiger partial charge in [0.1, 0.15) is 0 Å². The molecule has 0 saturated heterocycles. The highest BCUT2D eigenvalue weighted by Gasteiger charge is 2.11. The van der Waals surface area contributed by atoms with Crippen molar-refractivity contribution >= 4 is 0 Å². The summed E-state index contributed by atoms with van der Waals surface area (Å²) in [5.74, 6) is 0. The molecular formula is C17H21N. The van der Waals surface area contributed by atoms with Crippen LogP contribution >= 0.6 is 0 Å². The molecule has 0 amide bonds. The third-order valence-corrected chi connectivity index (χ3v) is 3.54. The highest BCUT2D eigenvalue weighted by molar-refractivity contribution is 5.71. The minimum atomic E-state index is 0.362. The summed E-state index contributed by atoms with van der Waals surface area (Å²) in [6.45, 7) is 6.52. The molecule has 0 spiro atoms. The first-order chi connectivity index (χ1) is 8.63. The number of hydrogen-bond donors (Lipinski definition) is 1. The van der Waals surface area contributed by atoms with E-state index in [-0.39, 0.29) is 0 Å². The van der Waals surface area contributed by atoms with E-state index in [9.17, 15) is 0 Å². The minimum Gasteiger partial charge on any atom is -0.313 e. The Hall–Kier alpha value is -1.60. The average Bonchev–Trinajstić information content (AvgIpc) is 2.40. The maximum atomic E-state index is 3.33. The molecule has 0 fully saturated rings. The summed E-state index contributed by atoms with van der Waals surface area (Å²) in [6, 6.07) is 15.6. The molecule has 0 aromatic heterocycles. The summed E-state index contributed by atoms with van der Waals surface area (Å²) in [6.07, 6.45) is 0. The smallest absolute Gasteiger partial charge is 0.0295 e. The topological polar surface area (TPSA) is 12.0 Å². The highest BCUT2D eigenvalue weighted by atomic mass is 14.9. The normalized spacial score (nSPS) is 12.4. The molecule has 0 saturated carbocycles. The molecule has 1 atom stereocenters. The van der Waals surface area contributed by atoms with Gasteiger partial charge in [-0.15, -0.1) is 0 Å². The Morgan fingerprint density at radius 2 is 1.67 bits per heavy atom. The second-order valence-electron chi connectivity index (χ2n) is 4.92. The fourth-order valence-electron chi connectivity index (χ4n) is 2.30. The zero-order chi connectivity index (χ0) is 13.1. The molecule has 1 heteroatoms. The van der Waals surface area contributed by atoms with Gasteiger partial charge in [0.25, 0.3) is 0 Å². The highest BCUT2D eigenvalue weighted by Crippen LogP contribution is 2.30. The van der Waals surface area contributed by atoms with Gasteiger partial charge in [-0.1, -0.05) is 48.0 Å². The van der Waals surface area contributed by atoms with E-state index in [1.807, 2.05) is 7.05 Å². The van der Waals surface area contributed by atoms with Crippen molar-refractivity contribution in [3.63, 3.8) is 0 Å². The molecule has 0 heterocycles. The van der Waals surface area contributed by atoms with Crippen molar-refractivity contribution in [1.29, 1.82) is 0 Å². The van der Waals surface area contributed by atoms with Crippen LogP contribution in [0, 0.1) is 13.8 Å². The molecule has 0 aliphatic carbocycles. The zero-order valence-corrected chi connectivity index (χ0v) is 11.6. The van der Waals surface area contributed by atoms with E-state index < -0.39 is 0 Å². The van der Waals surface area contributed by atoms with Crippen molar-refractivity contribution in [3.05, 3.63) is 59.2 Å². The lowest BCUT2D eigenvalue weighted by atomic mass is 9.92. The number of hydrogen-bond acceptors (Lipinski definition) is 1. The van der Waals surface area contributed by atoms with Gasteiger partial charge in [-0.05, 0) is 50.1 Å². The molecule has 1 nitrogen and oxygen atoms in total. The first kappa shape index (κ1) is 12.8. The molecule has 0 aliphatic rings. The molecule has 0 radical (unpaired) electrons. The van der Waals surface area contributed by atoms with Crippen LogP contribution in [0.5, 0.6) is 0 Å². The first-order valence-corrected chi connectivity index (χ1v) is 6.47. The molecule has 1 unspecified atom stereocenters. The second kappa shape index (κ2) is 5.36. The number of benzene rings is 2. The average molecular weight is 239 g/mol. The summed E-state index contributed by atoms with van der Waals surface area (Å²) in [5, 5.41) is 3.33. The lowest BCUT2D eigenvalue weighted by Crippen LogP contribution is -2.13. The molecule has 2 aromatic carbocycles. The summed E-state index contributed by atoms with van der Waals surface area (Å²) >= 11 is 0. The van der Waals surface area contributed by atoms with Gasteiger partial charge in [0.2, 0.25) is 0 Å². The van der Waals surface area contributed by atoms with Crippen LogP contribution in [0.4, 0.5) is 0 Å². The maximum absolute atomic E-state index is 3.33. The van der Waals surface area contributed by atoms with Crippen molar-refractivity contribution in [2.24, 2.45) is 0 Å². The Labute approximate surface area is 110 Å². The van der Waals surface area contributed by atoms with Crippen LogP contribution < -0.4 is 5.32 Å². The Bertz CT molecular complexity index is 543. The molecule has 2 aromatic rings. The summed E-state index contributed by atoms with van der Waals surface area (Å²) in [4.78, 5) is 0. The van der Waals surface area contributed by atoms with Crippen molar-refractivity contribution in [2.75, 3.05) is 7.05 Å². The van der Waals surface area contributed by atoms with Crippen molar-refractivity contribution in [3.8, 4) is 11.1 Å². The van der Waals surface area contributed by atoms with Gasteiger partial charge in [-0.2, -0.15) is 0 Å². The lowest BCUT2D eigenvalue weighted by molar-refractivity contribution is 0.654. The van der Waals surface area contributed by atoms with Gasteiger partial charge in [0, 0.05) is 6.04 Å². The van der Waals surface area contributed by atoms with Gasteiger partial charge in [-0.25, -0.2) is 0 Å². The SMILES string of the molecule is CNC(C)c1ccccc1-c1cc(C)ccc1C. The maximum Gasteiger partial charge on any atom is 0.0295 e. The van der Waals surface area contributed by atoms with Gasteiger partial charge in [0.05, 0.1) is 0 Å². The van der Waals surface area contributed by atoms with Crippen molar-refractivity contribution in [2.45, 2.75) is 26.8 Å². The lowest BCUT2D eigenvalue weighted by Gasteiger charge is -2.17. The number of aryl methyl sites for hydroxylation is 2. The molecule has 2 rings (SSSR count). The monoisotopic (exact) mass is 239 g/mol. The summed E-state index contributed by atoms with van der Waals surface area (Å²) in [5.41, 5.74) is 6.67. The molecule has 94 valence electrons. The fourth-order valence-corrected chi connectivity index (χ4v) is 2.30. The first-order valence-electron chi connectivity index (χ1n) is 6.47. The summed E-state index contributed by atoms with van der Waals surface area (Å²) < 4.78 is 0. The van der Waals surface area contributed by atoms with Crippen LogP contribution in [0.25, 0.3) is 11.1 Å². The Kier molecular flexibility index (Phi) is 3.83. The standard InChI is InChI=1S/C17H21N/c1-12-9-10-13(2)17(11-12)16-8-6-5-7-15(16)14(3)18-4/h5-11,14,18H,1-4H3.